The van der Waals surface area contributed by atoms with E-state index in [2.05, 4.69) is 19.7 Å². The molecule has 0 fully saturated rings. The van der Waals surface area contributed by atoms with E-state index in [1.54, 1.807) is 7.11 Å². The maximum absolute atomic E-state index is 6.05. The molecule has 130 valence electrons. The Labute approximate surface area is 145 Å². The third kappa shape index (κ3) is 2.91. The van der Waals surface area contributed by atoms with Crippen molar-refractivity contribution in [1.29, 1.82) is 0 Å². The maximum atomic E-state index is 6.05. The fraction of sp³-hybridized carbons (Fsp3) is 0.389. The maximum Gasteiger partial charge on any atom is 0.278 e. The third-order valence-electron chi connectivity index (χ3n) is 4.38. The lowest BCUT2D eigenvalue weighted by Gasteiger charge is -2.25. The predicted molar refractivity (Wildman–Crippen MR) is 90.1 cm³/mol. The number of hydrogen-bond donors (Lipinski definition) is 0. The number of fused-ring (bicyclic) bond motifs is 1. The first-order valence-corrected chi connectivity index (χ1v) is 8.29. The summed E-state index contributed by atoms with van der Waals surface area (Å²) in [6.45, 7) is 5.20. The summed E-state index contributed by atoms with van der Waals surface area (Å²) in [5.41, 5.74) is 2.78. The van der Waals surface area contributed by atoms with E-state index < -0.39 is 0 Å². The zero-order valence-electron chi connectivity index (χ0n) is 14.5. The van der Waals surface area contributed by atoms with Gasteiger partial charge in [0.1, 0.15) is 11.9 Å². The number of hydrogen-bond acceptors (Lipinski definition) is 6. The van der Waals surface area contributed by atoms with Gasteiger partial charge in [0.25, 0.3) is 5.89 Å². The second-order valence-electron chi connectivity index (χ2n) is 6.38. The minimum Gasteiger partial charge on any atom is -0.497 e. The first-order valence-electron chi connectivity index (χ1n) is 8.29. The SMILES string of the molecule is COc1ccc([C@@H]2Cn3cnc(-c4nc(C(C)C)no4)c3CO2)cc1. The standard InChI is InChI=1S/C18H20N4O3/c1-11(2)17-20-18(25-21-17)16-14-9-24-15(8-22(14)10-19-16)12-4-6-13(23-3)7-5-12/h4-7,10-11,15H,8-9H2,1-3H3/t15-/m0/s1. The van der Waals surface area contributed by atoms with Crippen molar-refractivity contribution in [2.24, 2.45) is 0 Å². The number of aromatic nitrogens is 4. The molecule has 0 saturated carbocycles. The molecule has 1 atom stereocenters. The molecular weight excluding hydrogens is 320 g/mol. The molecule has 0 spiro atoms. The average Bonchev–Trinajstić information content (AvgIpc) is 3.28. The van der Waals surface area contributed by atoms with Crippen molar-refractivity contribution in [2.45, 2.75) is 39.0 Å². The molecule has 2 aromatic heterocycles. The van der Waals surface area contributed by atoms with Crippen LogP contribution in [0.25, 0.3) is 11.6 Å². The van der Waals surface area contributed by atoms with Crippen LogP contribution >= 0.6 is 0 Å². The molecule has 25 heavy (non-hydrogen) atoms. The number of nitrogens with zero attached hydrogens (tertiary/aromatic N) is 4. The number of ether oxygens (including phenoxy) is 2. The lowest BCUT2D eigenvalue weighted by atomic mass is 10.1. The van der Waals surface area contributed by atoms with Gasteiger partial charge in [-0.15, -0.1) is 0 Å². The van der Waals surface area contributed by atoms with Crippen LogP contribution < -0.4 is 4.74 Å². The Morgan fingerprint density at radius 2 is 2.04 bits per heavy atom. The van der Waals surface area contributed by atoms with E-state index in [0.29, 0.717) is 30.6 Å². The van der Waals surface area contributed by atoms with Gasteiger partial charge in [0.05, 0.1) is 32.3 Å². The van der Waals surface area contributed by atoms with Crippen molar-refractivity contribution in [1.82, 2.24) is 19.7 Å². The molecule has 7 nitrogen and oxygen atoms in total. The average molecular weight is 340 g/mol. The topological polar surface area (TPSA) is 75.2 Å². The Hall–Kier alpha value is -2.67. The molecule has 0 amide bonds. The largest absolute Gasteiger partial charge is 0.497 e. The van der Waals surface area contributed by atoms with Crippen molar-refractivity contribution in [3.8, 4) is 17.3 Å². The summed E-state index contributed by atoms with van der Waals surface area (Å²) < 4.78 is 18.7. The molecule has 7 heteroatoms. The van der Waals surface area contributed by atoms with Gasteiger partial charge in [-0.25, -0.2) is 4.98 Å². The lowest BCUT2D eigenvalue weighted by molar-refractivity contribution is 0.00328. The number of benzene rings is 1. The molecule has 0 bridgehead atoms. The van der Waals surface area contributed by atoms with E-state index in [1.165, 1.54) is 0 Å². The van der Waals surface area contributed by atoms with Crippen molar-refractivity contribution in [3.63, 3.8) is 0 Å². The Balaban J connectivity index is 1.57. The smallest absolute Gasteiger partial charge is 0.278 e. The van der Waals surface area contributed by atoms with Crippen LogP contribution in [0.3, 0.4) is 0 Å². The molecule has 0 radical (unpaired) electrons. The zero-order chi connectivity index (χ0) is 17.4. The predicted octanol–water partition coefficient (Wildman–Crippen LogP) is 3.34. The molecule has 1 aliphatic heterocycles. The molecule has 0 aliphatic carbocycles. The van der Waals surface area contributed by atoms with E-state index in [9.17, 15) is 0 Å². The highest BCUT2D eigenvalue weighted by atomic mass is 16.5. The van der Waals surface area contributed by atoms with Gasteiger partial charge in [-0.2, -0.15) is 4.98 Å². The molecule has 1 aliphatic rings. The second kappa shape index (κ2) is 6.33. The molecule has 3 aromatic rings. The van der Waals surface area contributed by atoms with Gasteiger partial charge in [-0.1, -0.05) is 31.1 Å². The van der Waals surface area contributed by atoms with Gasteiger partial charge in [-0.05, 0) is 17.7 Å². The van der Waals surface area contributed by atoms with Crippen molar-refractivity contribution in [3.05, 3.63) is 47.7 Å². The number of methoxy groups -OCH3 is 1. The van der Waals surface area contributed by atoms with E-state index in [1.807, 2.05) is 44.4 Å². The van der Waals surface area contributed by atoms with Crippen LogP contribution in [0.1, 0.15) is 43.0 Å². The highest BCUT2D eigenvalue weighted by Gasteiger charge is 2.26. The normalized spacial score (nSPS) is 16.9. The summed E-state index contributed by atoms with van der Waals surface area (Å²) in [5, 5.41) is 4.01. The Morgan fingerprint density at radius 3 is 2.72 bits per heavy atom. The first kappa shape index (κ1) is 15.8. The van der Waals surface area contributed by atoms with E-state index in [4.69, 9.17) is 14.0 Å². The molecule has 1 aromatic carbocycles. The van der Waals surface area contributed by atoms with Crippen LogP contribution in [0.4, 0.5) is 0 Å². The summed E-state index contributed by atoms with van der Waals surface area (Å²) >= 11 is 0. The van der Waals surface area contributed by atoms with E-state index >= 15 is 0 Å². The fourth-order valence-electron chi connectivity index (χ4n) is 2.89. The molecular formula is C18H20N4O3. The van der Waals surface area contributed by atoms with Gasteiger partial charge in [-0.3, -0.25) is 0 Å². The third-order valence-corrected chi connectivity index (χ3v) is 4.38. The lowest BCUT2D eigenvalue weighted by Crippen LogP contribution is -2.20. The van der Waals surface area contributed by atoms with E-state index in [0.717, 1.165) is 17.0 Å². The van der Waals surface area contributed by atoms with Crippen LogP contribution in [0.5, 0.6) is 5.75 Å². The highest BCUT2D eigenvalue weighted by molar-refractivity contribution is 5.51. The summed E-state index contributed by atoms with van der Waals surface area (Å²) in [7, 11) is 1.66. The van der Waals surface area contributed by atoms with Crippen LogP contribution in [0.2, 0.25) is 0 Å². The van der Waals surface area contributed by atoms with Crippen LogP contribution in [0.15, 0.2) is 35.1 Å². The fourth-order valence-corrected chi connectivity index (χ4v) is 2.89. The number of imidazole rings is 1. The molecule has 0 unspecified atom stereocenters. The van der Waals surface area contributed by atoms with Gasteiger partial charge in [0.2, 0.25) is 0 Å². The van der Waals surface area contributed by atoms with Crippen LogP contribution in [-0.4, -0.2) is 26.8 Å². The summed E-state index contributed by atoms with van der Waals surface area (Å²) in [6, 6.07) is 7.94. The second-order valence-corrected chi connectivity index (χ2v) is 6.38. The molecule has 4 rings (SSSR count). The van der Waals surface area contributed by atoms with Crippen molar-refractivity contribution < 1.29 is 14.0 Å². The Bertz CT molecular complexity index is 867. The van der Waals surface area contributed by atoms with E-state index in [-0.39, 0.29) is 12.0 Å². The highest BCUT2D eigenvalue weighted by Crippen LogP contribution is 2.32. The van der Waals surface area contributed by atoms with Crippen molar-refractivity contribution >= 4 is 0 Å². The van der Waals surface area contributed by atoms with Crippen LogP contribution in [0, 0.1) is 0 Å². The number of rotatable bonds is 4. The summed E-state index contributed by atoms with van der Waals surface area (Å²) in [4.78, 5) is 8.90. The molecule has 0 saturated heterocycles. The summed E-state index contributed by atoms with van der Waals surface area (Å²) in [5.74, 6) is 2.18. The Morgan fingerprint density at radius 1 is 1.24 bits per heavy atom. The zero-order valence-corrected chi connectivity index (χ0v) is 14.5. The first-order chi connectivity index (χ1) is 12.2. The quantitative estimate of drug-likeness (QED) is 0.725. The molecule has 0 N–H and O–H groups in total. The van der Waals surface area contributed by atoms with Crippen molar-refractivity contribution in [2.75, 3.05) is 7.11 Å². The minimum absolute atomic E-state index is 0.0191. The van der Waals surface area contributed by atoms with Gasteiger partial charge >= 0.3 is 0 Å². The van der Waals surface area contributed by atoms with Gasteiger partial charge in [0, 0.05) is 5.92 Å². The van der Waals surface area contributed by atoms with Gasteiger partial charge in [0.15, 0.2) is 11.5 Å². The molecule has 3 heterocycles. The van der Waals surface area contributed by atoms with Crippen LogP contribution in [-0.2, 0) is 17.9 Å². The Kier molecular flexibility index (Phi) is 4.01. The minimum atomic E-state index is -0.0191. The summed E-state index contributed by atoms with van der Waals surface area (Å²) in [6.07, 6.45) is 1.79. The monoisotopic (exact) mass is 340 g/mol. The van der Waals surface area contributed by atoms with Gasteiger partial charge < -0.3 is 18.6 Å².